The maximum absolute atomic E-state index is 12.4. The molecule has 0 heterocycles. The molecule has 0 fully saturated rings. The summed E-state index contributed by atoms with van der Waals surface area (Å²) < 4.78 is 10.4. The van der Waals surface area contributed by atoms with Crippen molar-refractivity contribution < 1.29 is 19.4 Å². The predicted molar refractivity (Wildman–Crippen MR) is 68.2 cm³/mol. The minimum atomic E-state index is -0.271. The first-order valence-corrected chi connectivity index (χ1v) is 5.65. The van der Waals surface area contributed by atoms with Crippen molar-refractivity contribution in [2.24, 2.45) is 0 Å². The number of hydrogen-bond donors (Lipinski definition) is 1. The number of benzene rings is 1. The molecule has 1 rings (SSSR count). The normalized spacial score (nSPS) is 11.8. The summed E-state index contributed by atoms with van der Waals surface area (Å²) in [7, 11) is 4.64. The summed E-state index contributed by atoms with van der Waals surface area (Å²) in [4.78, 5) is 13.8. The van der Waals surface area contributed by atoms with E-state index in [-0.39, 0.29) is 18.6 Å². The Morgan fingerprint density at radius 1 is 1.33 bits per heavy atom. The maximum Gasteiger partial charge on any atom is 0.261 e. The number of ether oxygens (including phenoxy) is 2. The molecular weight excluding hydrogens is 234 g/mol. The fourth-order valence-corrected chi connectivity index (χ4v) is 1.56. The number of nitrogens with zero attached hydrogens (tertiary/aromatic N) is 1. The Bertz CT molecular complexity index is 397. The van der Waals surface area contributed by atoms with Crippen LogP contribution in [0.2, 0.25) is 0 Å². The van der Waals surface area contributed by atoms with Crippen LogP contribution < -0.4 is 9.47 Å². The Morgan fingerprint density at radius 3 is 2.22 bits per heavy atom. The van der Waals surface area contributed by atoms with E-state index in [9.17, 15) is 4.79 Å². The zero-order chi connectivity index (χ0) is 13.7. The highest BCUT2D eigenvalue weighted by Crippen LogP contribution is 2.29. The number of methoxy groups -OCH3 is 2. The molecule has 1 amide bonds. The third-order valence-corrected chi connectivity index (χ3v) is 2.89. The second-order valence-electron chi connectivity index (χ2n) is 3.99. The fraction of sp³-hybridized carbons (Fsp3) is 0.462. The molecule has 1 aromatic rings. The average molecular weight is 253 g/mol. The van der Waals surface area contributed by atoms with Gasteiger partial charge in [-0.3, -0.25) is 4.79 Å². The molecular formula is C13H19NO4. The van der Waals surface area contributed by atoms with Crippen LogP contribution in [0.15, 0.2) is 18.2 Å². The molecule has 0 aliphatic rings. The van der Waals surface area contributed by atoms with E-state index in [1.165, 1.54) is 19.1 Å². The first-order valence-electron chi connectivity index (χ1n) is 5.65. The quantitative estimate of drug-likeness (QED) is 0.855. The van der Waals surface area contributed by atoms with Crippen LogP contribution >= 0.6 is 0 Å². The lowest BCUT2D eigenvalue weighted by atomic mass is 10.1. The number of amides is 1. The molecule has 0 aliphatic carbocycles. The van der Waals surface area contributed by atoms with E-state index in [1.807, 2.05) is 0 Å². The fourth-order valence-electron chi connectivity index (χ4n) is 1.56. The summed E-state index contributed by atoms with van der Waals surface area (Å²) in [5.74, 6) is 0.665. The number of rotatable bonds is 5. The first-order chi connectivity index (χ1) is 8.56. The van der Waals surface area contributed by atoms with Crippen LogP contribution in [0.4, 0.5) is 0 Å². The Kier molecular flexibility index (Phi) is 4.97. The Hall–Kier alpha value is -1.75. The zero-order valence-corrected chi connectivity index (χ0v) is 11.1. The van der Waals surface area contributed by atoms with Crippen LogP contribution in [-0.4, -0.2) is 49.8 Å². The molecule has 0 spiro atoms. The van der Waals surface area contributed by atoms with Crippen molar-refractivity contribution in [2.45, 2.75) is 13.0 Å². The molecule has 5 heteroatoms. The third-order valence-electron chi connectivity index (χ3n) is 2.89. The number of likely N-dealkylation sites (N-methyl/N-ethyl adjacent to an activating group) is 1. The van der Waals surface area contributed by atoms with Crippen LogP contribution in [0, 0.1) is 0 Å². The molecule has 18 heavy (non-hydrogen) atoms. The molecule has 1 N–H and O–H groups in total. The van der Waals surface area contributed by atoms with Crippen molar-refractivity contribution >= 4 is 5.91 Å². The van der Waals surface area contributed by atoms with E-state index in [2.05, 4.69) is 0 Å². The number of aliphatic hydroxyl groups excluding tert-OH is 1. The maximum atomic E-state index is 12.4. The lowest BCUT2D eigenvalue weighted by molar-refractivity contribution is 0.0675. The van der Waals surface area contributed by atoms with Gasteiger partial charge in [0.25, 0.3) is 5.91 Å². The lowest BCUT2D eigenvalue weighted by Crippen LogP contribution is -2.37. The van der Waals surface area contributed by atoms with Gasteiger partial charge in [-0.1, -0.05) is 6.07 Å². The SMILES string of the molecule is COc1cccc(OC)c1C(=O)N(C)C(C)CO. The number of carbonyl (C=O) groups excluding carboxylic acids is 1. The second-order valence-corrected chi connectivity index (χ2v) is 3.99. The average Bonchev–Trinajstić information content (AvgIpc) is 2.43. The van der Waals surface area contributed by atoms with E-state index in [4.69, 9.17) is 14.6 Å². The molecule has 0 aromatic heterocycles. The minimum absolute atomic E-state index is 0.0975. The molecule has 1 unspecified atom stereocenters. The highest BCUT2D eigenvalue weighted by atomic mass is 16.5. The highest BCUT2D eigenvalue weighted by molar-refractivity contribution is 5.99. The summed E-state index contributed by atoms with van der Waals surface area (Å²) in [6, 6.07) is 4.89. The van der Waals surface area contributed by atoms with Crippen molar-refractivity contribution in [2.75, 3.05) is 27.9 Å². The third kappa shape index (κ3) is 2.73. The van der Waals surface area contributed by atoms with Gasteiger partial charge in [0.05, 0.1) is 26.9 Å². The van der Waals surface area contributed by atoms with Crippen LogP contribution in [0.1, 0.15) is 17.3 Å². The van der Waals surface area contributed by atoms with Gasteiger partial charge in [-0.05, 0) is 19.1 Å². The van der Waals surface area contributed by atoms with Crippen molar-refractivity contribution in [3.8, 4) is 11.5 Å². The van der Waals surface area contributed by atoms with Gasteiger partial charge in [-0.15, -0.1) is 0 Å². The number of aliphatic hydroxyl groups is 1. The van der Waals surface area contributed by atoms with Gasteiger partial charge in [0.2, 0.25) is 0 Å². The van der Waals surface area contributed by atoms with Crippen LogP contribution in [0.3, 0.4) is 0 Å². The second kappa shape index (κ2) is 6.26. The van der Waals surface area contributed by atoms with Crippen molar-refractivity contribution in [3.05, 3.63) is 23.8 Å². The molecule has 1 atom stereocenters. The molecule has 100 valence electrons. The van der Waals surface area contributed by atoms with E-state index in [1.54, 1.807) is 32.2 Å². The van der Waals surface area contributed by atoms with E-state index >= 15 is 0 Å². The van der Waals surface area contributed by atoms with Gasteiger partial charge < -0.3 is 19.5 Å². The number of hydrogen-bond acceptors (Lipinski definition) is 4. The zero-order valence-electron chi connectivity index (χ0n) is 11.1. The van der Waals surface area contributed by atoms with Gasteiger partial charge in [0, 0.05) is 7.05 Å². The Balaban J connectivity index is 3.18. The van der Waals surface area contributed by atoms with Crippen molar-refractivity contribution in [1.29, 1.82) is 0 Å². The van der Waals surface area contributed by atoms with Crippen LogP contribution in [0.5, 0.6) is 11.5 Å². The molecule has 5 nitrogen and oxygen atoms in total. The van der Waals surface area contributed by atoms with Gasteiger partial charge in [-0.2, -0.15) is 0 Å². The summed E-state index contributed by atoms with van der Waals surface area (Å²) in [6.07, 6.45) is 0. The summed E-state index contributed by atoms with van der Waals surface area (Å²) in [6.45, 7) is 1.67. The van der Waals surface area contributed by atoms with Gasteiger partial charge in [0.1, 0.15) is 17.1 Å². The van der Waals surface area contributed by atoms with E-state index in [0.29, 0.717) is 17.1 Å². The largest absolute Gasteiger partial charge is 0.496 e. The van der Waals surface area contributed by atoms with E-state index in [0.717, 1.165) is 0 Å². The topological polar surface area (TPSA) is 59.0 Å². The predicted octanol–water partition coefficient (Wildman–Crippen LogP) is 1.16. The van der Waals surface area contributed by atoms with Crippen LogP contribution in [0.25, 0.3) is 0 Å². The van der Waals surface area contributed by atoms with Gasteiger partial charge >= 0.3 is 0 Å². The van der Waals surface area contributed by atoms with Gasteiger partial charge in [-0.25, -0.2) is 0 Å². The Morgan fingerprint density at radius 2 is 1.83 bits per heavy atom. The molecule has 0 saturated carbocycles. The smallest absolute Gasteiger partial charge is 0.261 e. The molecule has 0 radical (unpaired) electrons. The monoisotopic (exact) mass is 253 g/mol. The van der Waals surface area contributed by atoms with Gasteiger partial charge in [0.15, 0.2) is 0 Å². The van der Waals surface area contributed by atoms with Crippen molar-refractivity contribution in [1.82, 2.24) is 4.90 Å². The van der Waals surface area contributed by atoms with Crippen molar-refractivity contribution in [3.63, 3.8) is 0 Å². The summed E-state index contributed by atoms with van der Waals surface area (Å²) >= 11 is 0. The van der Waals surface area contributed by atoms with E-state index < -0.39 is 0 Å². The summed E-state index contributed by atoms with van der Waals surface area (Å²) in [5, 5.41) is 9.10. The minimum Gasteiger partial charge on any atom is -0.496 e. The first kappa shape index (κ1) is 14.3. The molecule has 0 saturated heterocycles. The van der Waals surface area contributed by atoms with Crippen LogP contribution in [-0.2, 0) is 0 Å². The summed E-state index contributed by atoms with van der Waals surface area (Å²) in [5.41, 5.74) is 0.366. The molecule has 0 bridgehead atoms. The molecule has 1 aromatic carbocycles. The highest BCUT2D eigenvalue weighted by Gasteiger charge is 2.24. The number of carbonyl (C=O) groups is 1. The lowest BCUT2D eigenvalue weighted by Gasteiger charge is -2.24. The standard InChI is InChI=1S/C13H19NO4/c1-9(8-15)14(2)13(16)12-10(17-3)6-5-7-11(12)18-4/h5-7,9,15H,8H2,1-4H3. The Labute approximate surface area is 107 Å². The molecule has 0 aliphatic heterocycles.